The molecule has 1 aromatic carbocycles. The number of benzene rings is 1. The highest BCUT2D eigenvalue weighted by Crippen LogP contribution is 2.26. The van der Waals surface area contributed by atoms with E-state index in [9.17, 15) is 19.1 Å². The lowest BCUT2D eigenvalue weighted by atomic mass is 9.80. The molecule has 27 heavy (non-hydrogen) atoms. The molecule has 2 amide bonds. The number of nitrogens with one attached hydrogen (secondary N) is 2. The SMILES string of the molecule is CC(C)(C)C(NC(=O)O)[C@H](Cc1ccccc1F)NC(=O)c1cc(Br)cs1. The minimum absolute atomic E-state index is 0.160. The fraction of sp³-hybridized carbons (Fsp3) is 0.368. The van der Waals surface area contributed by atoms with E-state index in [0.717, 1.165) is 4.47 Å². The molecule has 3 N–H and O–H groups in total. The Morgan fingerprint density at radius 1 is 1.26 bits per heavy atom. The van der Waals surface area contributed by atoms with E-state index in [1.165, 1.54) is 17.4 Å². The lowest BCUT2D eigenvalue weighted by Gasteiger charge is -2.37. The minimum Gasteiger partial charge on any atom is -0.465 e. The molecule has 0 bridgehead atoms. The molecule has 1 heterocycles. The lowest BCUT2D eigenvalue weighted by molar-refractivity contribution is 0.0904. The number of thiophene rings is 1. The molecular weight excluding hydrogens is 435 g/mol. The fourth-order valence-electron chi connectivity index (χ4n) is 2.88. The number of amides is 2. The standard InChI is InChI=1S/C19H22BrFN2O3S/c1-19(2,3)16(23-18(25)26)14(8-11-6-4-5-7-13(11)21)22-17(24)15-9-12(20)10-27-15/h4-7,9-10,14,16,23H,8H2,1-3H3,(H,22,24)(H,25,26)/t14-,16?/m0/s1. The van der Waals surface area contributed by atoms with Crippen LogP contribution in [0.5, 0.6) is 0 Å². The van der Waals surface area contributed by atoms with Crippen LogP contribution in [-0.4, -0.2) is 29.2 Å². The Morgan fingerprint density at radius 2 is 1.93 bits per heavy atom. The van der Waals surface area contributed by atoms with Gasteiger partial charge in [0, 0.05) is 9.85 Å². The molecule has 2 aromatic rings. The summed E-state index contributed by atoms with van der Waals surface area (Å²) < 4.78 is 15.0. The third kappa shape index (κ3) is 6.04. The van der Waals surface area contributed by atoms with Crippen LogP contribution in [0.25, 0.3) is 0 Å². The molecule has 2 rings (SSSR count). The lowest BCUT2D eigenvalue weighted by Crippen LogP contribution is -2.58. The average Bonchev–Trinajstić information content (AvgIpc) is 2.99. The van der Waals surface area contributed by atoms with E-state index in [4.69, 9.17) is 0 Å². The molecule has 8 heteroatoms. The maximum Gasteiger partial charge on any atom is 0.404 e. The van der Waals surface area contributed by atoms with Gasteiger partial charge in [-0.05, 0) is 45.5 Å². The second-order valence-corrected chi connectivity index (χ2v) is 9.12. The Hall–Kier alpha value is -1.93. The predicted molar refractivity (Wildman–Crippen MR) is 108 cm³/mol. The van der Waals surface area contributed by atoms with Crippen LogP contribution in [-0.2, 0) is 6.42 Å². The van der Waals surface area contributed by atoms with Gasteiger partial charge in [-0.3, -0.25) is 4.79 Å². The highest BCUT2D eigenvalue weighted by atomic mass is 79.9. The van der Waals surface area contributed by atoms with Crippen LogP contribution in [0.1, 0.15) is 36.0 Å². The summed E-state index contributed by atoms with van der Waals surface area (Å²) >= 11 is 4.59. The van der Waals surface area contributed by atoms with Crippen molar-refractivity contribution in [2.45, 2.75) is 39.3 Å². The number of hydrogen-bond acceptors (Lipinski definition) is 3. The molecule has 0 fully saturated rings. The predicted octanol–water partition coefficient (Wildman–Crippen LogP) is 4.67. The second-order valence-electron chi connectivity index (χ2n) is 7.30. The molecule has 2 atom stereocenters. The van der Waals surface area contributed by atoms with Gasteiger partial charge in [0.1, 0.15) is 5.82 Å². The van der Waals surface area contributed by atoms with Crippen molar-refractivity contribution in [3.63, 3.8) is 0 Å². The topological polar surface area (TPSA) is 78.4 Å². The van der Waals surface area contributed by atoms with Crippen molar-refractivity contribution < 1.29 is 19.1 Å². The zero-order chi connectivity index (χ0) is 20.2. The first-order chi connectivity index (χ1) is 12.6. The molecule has 1 aromatic heterocycles. The first-order valence-corrected chi connectivity index (χ1v) is 10.0. The van der Waals surface area contributed by atoms with E-state index in [0.29, 0.717) is 10.4 Å². The molecule has 146 valence electrons. The summed E-state index contributed by atoms with van der Waals surface area (Å²) in [7, 11) is 0. The van der Waals surface area contributed by atoms with Gasteiger partial charge in [-0.2, -0.15) is 0 Å². The van der Waals surface area contributed by atoms with E-state index in [2.05, 4.69) is 26.6 Å². The minimum atomic E-state index is -1.19. The highest BCUT2D eigenvalue weighted by molar-refractivity contribution is 9.10. The number of carbonyl (C=O) groups excluding carboxylic acids is 1. The number of carboxylic acid groups (broad SMARTS) is 1. The molecule has 5 nitrogen and oxygen atoms in total. The van der Waals surface area contributed by atoms with E-state index >= 15 is 0 Å². The van der Waals surface area contributed by atoms with Crippen molar-refractivity contribution in [3.8, 4) is 0 Å². The molecule has 0 spiro atoms. The van der Waals surface area contributed by atoms with Gasteiger partial charge in [0.05, 0.1) is 17.0 Å². The molecule has 0 saturated carbocycles. The van der Waals surface area contributed by atoms with Crippen LogP contribution in [0, 0.1) is 11.2 Å². The van der Waals surface area contributed by atoms with Crippen LogP contribution >= 0.6 is 27.3 Å². The monoisotopic (exact) mass is 456 g/mol. The third-order valence-corrected chi connectivity index (χ3v) is 5.81. The Labute approximate surface area is 170 Å². The van der Waals surface area contributed by atoms with E-state index in [1.807, 2.05) is 20.8 Å². The smallest absolute Gasteiger partial charge is 0.404 e. The Balaban J connectivity index is 2.35. The van der Waals surface area contributed by atoms with Crippen molar-refractivity contribution in [3.05, 3.63) is 56.4 Å². The Bertz CT molecular complexity index is 819. The van der Waals surface area contributed by atoms with Crippen LogP contribution in [0.4, 0.5) is 9.18 Å². The van der Waals surface area contributed by atoms with Gasteiger partial charge in [0.25, 0.3) is 5.91 Å². The summed E-state index contributed by atoms with van der Waals surface area (Å²) in [6.45, 7) is 5.61. The van der Waals surface area contributed by atoms with Gasteiger partial charge < -0.3 is 15.7 Å². The quantitative estimate of drug-likeness (QED) is 0.590. The largest absolute Gasteiger partial charge is 0.465 e. The van der Waals surface area contributed by atoms with Crippen LogP contribution < -0.4 is 10.6 Å². The summed E-state index contributed by atoms with van der Waals surface area (Å²) in [6.07, 6.45) is -1.03. The number of rotatable bonds is 6. The van der Waals surface area contributed by atoms with Gasteiger partial charge in [0.15, 0.2) is 0 Å². The van der Waals surface area contributed by atoms with Crippen molar-refractivity contribution in [2.75, 3.05) is 0 Å². The summed E-state index contributed by atoms with van der Waals surface area (Å²) in [5, 5.41) is 16.4. The van der Waals surface area contributed by atoms with E-state index < -0.39 is 29.4 Å². The van der Waals surface area contributed by atoms with Crippen LogP contribution in [0.15, 0.2) is 40.2 Å². The van der Waals surface area contributed by atoms with Crippen LogP contribution in [0.2, 0.25) is 0 Å². The molecule has 0 radical (unpaired) electrons. The van der Waals surface area contributed by atoms with Crippen molar-refractivity contribution in [1.29, 1.82) is 0 Å². The van der Waals surface area contributed by atoms with E-state index in [1.54, 1.807) is 29.6 Å². The molecule has 0 aliphatic carbocycles. The number of halogens is 2. The zero-order valence-electron chi connectivity index (χ0n) is 15.3. The van der Waals surface area contributed by atoms with Gasteiger partial charge >= 0.3 is 6.09 Å². The summed E-state index contributed by atoms with van der Waals surface area (Å²) in [4.78, 5) is 24.5. The average molecular weight is 457 g/mol. The molecular formula is C19H22BrFN2O3S. The molecule has 1 unspecified atom stereocenters. The van der Waals surface area contributed by atoms with Gasteiger partial charge in [0.2, 0.25) is 0 Å². The Kier molecular flexibility index (Phi) is 7.00. The molecule has 0 aliphatic heterocycles. The Morgan fingerprint density at radius 3 is 2.44 bits per heavy atom. The highest BCUT2D eigenvalue weighted by Gasteiger charge is 2.35. The first-order valence-electron chi connectivity index (χ1n) is 8.35. The van der Waals surface area contributed by atoms with Crippen molar-refractivity contribution in [1.82, 2.24) is 10.6 Å². The summed E-state index contributed by atoms with van der Waals surface area (Å²) in [5.41, 5.74) is -0.0888. The first kappa shape index (κ1) is 21.4. The van der Waals surface area contributed by atoms with Gasteiger partial charge in [-0.25, -0.2) is 9.18 Å². The van der Waals surface area contributed by atoms with Gasteiger partial charge in [-0.1, -0.05) is 39.0 Å². The number of hydrogen-bond donors (Lipinski definition) is 3. The normalized spacial score (nSPS) is 13.7. The zero-order valence-corrected chi connectivity index (χ0v) is 17.7. The second kappa shape index (κ2) is 8.84. The van der Waals surface area contributed by atoms with Crippen molar-refractivity contribution >= 4 is 39.3 Å². The maximum absolute atomic E-state index is 14.2. The van der Waals surface area contributed by atoms with Crippen molar-refractivity contribution in [2.24, 2.45) is 5.41 Å². The van der Waals surface area contributed by atoms with Gasteiger partial charge in [-0.15, -0.1) is 11.3 Å². The fourth-order valence-corrected chi connectivity index (χ4v) is 4.21. The number of carbonyl (C=O) groups is 2. The van der Waals surface area contributed by atoms with E-state index in [-0.39, 0.29) is 12.3 Å². The van der Waals surface area contributed by atoms with Crippen LogP contribution in [0.3, 0.4) is 0 Å². The summed E-state index contributed by atoms with van der Waals surface area (Å²) in [6, 6.07) is 6.72. The third-order valence-electron chi connectivity index (χ3n) is 4.12. The maximum atomic E-state index is 14.2. The molecule has 0 aliphatic rings. The summed E-state index contributed by atoms with van der Waals surface area (Å²) in [5.74, 6) is -0.716. The molecule has 0 saturated heterocycles.